The summed E-state index contributed by atoms with van der Waals surface area (Å²) in [6, 6.07) is 12.1. The van der Waals surface area contributed by atoms with E-state index in [-0.39, 0.29) is 11.7 Å². The Kier molecular flexibility index (Phi) is 7.52. The standard InChI is InChI=1S/C23H27N3O3S/c1-15-8-10-19(13-16(15)2)24-21(27)14-30-23-26-25-22(29-23)7-5-6-18-9-11-20(28-4)17(3)12-18/h8-13H,5-7,14H2,1-4H3,(H,24,27). The first kappa shape index (κ1) is 21.9. The number of hydrogen-bond donors (Lipinski definition) is 1. The molecule has 3 rings (SSSR count). The molecule has 0 spiro atoms. The van der Waals surface area contributed by atoms with Gasteiger partial charge in [0.25, 0.3) is 5.22 Å². The van der Waals surface area contributed by atoms with E-state index < -0.39 is 0 Å². The number of carbonyl (C=O) groups is 1. The Morgan fingerprint density at radius 2 is 1.87 bits per heavy atom. The van der Waals surface area contributed by atoms with E-state index in [1.54, 1.807) is 7.11 Å². The minimum Gasteiger partial charge on any atom is -0.496 e. The first-order chi connectivity index (χ1) is 14.4. The molecule has 30 heavy (non-hydrogen) atoms. The van der Waals surface area contributed by atoms with Crippen molar-refractivity contribution in [1.82, 2.24) is 10.2 Å². The SMILES string of the molecule is COc1ccc(CCCc2nnc(SCC(=O)Nc3ccc(C)c(C)c3)o2)cc1C. The van der Waals surface area contributed by atoms with E-state index in [1.165, 1.54) is 22.9 Å². The maximum Gasteiger partial charge on any atom is 0.277 e. The van der Waals surface area contributed by atoms with Gasteiger partial charge < -0.3 is 14.5 Å². The Morgan fingerprint density at radius 3 is 2.60 bits per heavy atom. The van der Waals surface area contributed by atoms with Crippen molar-refractivity contribution in [1.29, 1.82) is 0 Å². The third-order valence-corrected chi connectivity index (χ3v) is 5.70. The van der Waals surface area contributed by atoms with Gasteiger partial charge in [-0.3, -0.25) is 4.79 Å². The van der Waals surface area contributed by atoms with Crippen LogP contribution in [0.15, 0.2) is 46.0 Å². The number of nitrogens with zero attached hydrogens (tertiary/aromatic N) is 2. The number of benzene rings is 2. The van der Waals surface area contributed by atoms with Crippen molar-refractivity contribution in [2.75, 3.05) is 18.2 Å². The second-order valence-corrected chi connectivity index (χ2v) is 8.18. The van der Waals surface area contributed by atoms with Gasteiger partial charge in [-0.1, -0.05) is 30.0 Å². The number of amides is 1. The lowest BCUT2D eigenvalue weighted by atomic mass is 10.1. The van der Waals surface area contributed by atoms with E-state index in [1.807, 2.05) is 45.0 Å². The van der Waals surface area contributed by atoms with E-state index in [4.69, 9.17) is 9.15 Å². The second kappa shape index (κ2) is 10.3. The molecule has 0 atom stereocenters. The fourth-order valence-corrected chi connectivity index (χ4v) is 3.66. The minimum absolute atomic E-state index is 0.0992. The first-order valence-corrected chi connectivity index (χ1v) is 10.9. The van der Waals surface area contributed by atoms with Crippen molar-refractivity contribution in [3.8, 4) is 5.75 Å². The first-order valence-electron chi connectivity index (χ1n) is 9.90. The van der Waals surface area contributed by atoms with Crippen LogP contribution in [0, 0.1) is 20.8 Å². The Hall–Kier alpha value is -2.80. The lowest BCUT2D eigenvalue weighted by Crippen LogP contribution is -2.14. The smallest absolute Gasteiger partial charge is 0.277 e. The molecular weight excluding hydrogens is 398 g/mol. The number of methoxy groups -OCH3 is 1. The van der Waals surface area contributed by atoms with Crippen LogP contribution in [0.2, 0.25) is 0 Å². The summed E-state index contributed by atoms with van der Waals surface area (Å²) >= 11 is 1.25. The van der Waals surface area contributed by atoms with Gasteiger partial charge in [0, 0.05) is 12.1 Å². The summed E-state index contributed by atoms with van der Waals surface area (Å²) in [5, 5.41) is 11.4. The molecule has 0 aliphatic heterocycles. The molecule has 2 aromatic carbocycles. The second-order valence-electron chi connectivity index (χ2n) is 7.26. The Bertz CT molecular complexity index is 1020. The van der Waals surface area contributed by atoms with E-state index in [0.717, 1.165) is 35.4 Å². The molecular formula is C23H27N3O3S. The fraction of sp³-hybridized carbons (Fsp3) is 0.348. The molecule has 0 aliphatic rings. The van der Waals surface area contributed by atoms with Crippen LogP contribution in [-0.2, 0) is 17.6 Å². The molecule has 0 unspecified atom stereocenters. The largest absolute Gasteiger partial charge is 0.496 e. The molecule has 3 aromatic rings. The van der Waals surface area contributed by atoms with Crippen LogP contribution in [0.25, 0.3) is 0 Å². The minimum atomic E-state index is -0.0992. The van der Waals surface area contributed by atoms with Crippen LogP contribution in [0.4, 0.5) is 5.69 Å². The average molecular weight is 426 g/mol. The zero-order chi connectivity index (χ0) is 21.5. The van der Waals surface area contributed by atoms with Crippen LogP contribution < -0.4 is 10.1 Å². The Morgan fingerprint density at radius 1 is 1.03 bits per heavy atom. The number of ether oxygens (including phenoxy) is 1. The number of hydrogen-bond acceptors (Lipinski definition) is 6. The number of aromatic nitrogens is 2. The average Bonchev–Trinajstić information content (AvgIpc) is 3.17. The summed E-state index contributed by atoms with van der Waals surface area (Å²) in [6.45, 7) is 6.11. The highest BCUT2D eigenvalue weighted by Crippen LogP contribution is 2.21. The van der Waals surface area contributed by atoms with Gasteiger partial charge in [-0.05, 0) is 74.1 Å². The number of thioether (sulfide) groups is 1. The van der Waals surface area contributed by atoms with Crippen LogP contribution >= 0.6 is 11.8 Å². The number of nitrogens with one attached hydrogen (secondary N) is 1. The molecule has 0 radical (unpaired) electrons. The number of anilines is 1. The molecule has 7 heteroatoms. The van der Waals surface area contributed by atoms with Gasteiger partial charge in [0.1, 0.15) is 5.75 Å². The lowest BCUT2D eigenvalue weighted by Gasteiger charge is -2.07. The fourth-order valence-electron chi connectivity index (χ4n) is 3.08. The molecule has 0 aliphatic carbocycles. The molecule has 6 nitrogen and oxygen atoms in total. The molecule has 1 heterocycles. The van der Waals surface area contributed by atoms with Gasteiger partial charge >= 0.3 is 0 Å². The normalized spacial score (nSPS) is 10.8. The molecule has 0 bridgehead atoms. The van der Waals surface area contributed by atoms with Gasteiger partial charge in [0.2, 0.25) is 11.8 Å². The Labute approximate surface area is 181 Å². The quantitative estimate of drug-likeness (QED) is 0.491. The van der Waals surface area contributed by atoms with Gasteiger partial charge in [0.05, 0.1) is 12.9 Å². The third kappa shape index (κ3) is 6.10. The molecule has 0 saturated heterocycles. The highest BCUT2D eigenvalue weighted by atomic mass is 32.2. The van der Waals surface area contributed by atoms with Gasteiger partial charge in [-0.25, -0.2) is 0 Å². The van der Waals surface area contributed by atoms with Gasteiger partial charge in [-0.15, -0.1) is 10.2 Å². The van der Waals surface area contributed by atoms with Crippen molar-refractivity contribution >= 4 is 23.4 Å². The summed E-state index contributed by atoms with van der Waals surface area (Å²) in [5.74, 6) is 1.62. The van der Waals surface area contributed by atoms with E-state index in [0.29, 0.717) is 17.5 Å². The van der Waals surface area contributed by atoms with Crippen LogP contribution in [0.3, 0.4) is 0 Å². The highest BCUT2D eigenvalue weighted by Gasteiger charge is 2.11. The van der Waals surface area contributed by atoms with E-state index in [2.05, 4.69) is 27.6 Å². The molecule has 0 saturated carbocycles. The molecule has 1 amide bonds. The van der Waals surface area contributed by atoms with Gasteiger partial charge in [-0.2, -0.15) is 0 Å². The summed E-state index contributed by atoms with van der Waals surface area (Å²) in [4.78, 5) is 12.2. The van der Waals surface area contributed by atoms with Crippen LogP contribution in [0.1, 0.15) is 34.6 Å². The van der Waals surface area contributed by atoms with Crippen LogP contribution in [0.5, 0.6) is 5.75 Å². The van der Waals surface area contributed by atoms with E-state index >= 15 is 0 Å². The zero-order valence-electron chi connectivity index (χ0n) is 17.8. The van der Waals surface area contributed by atoms with Gasteiger partial charge in [0.15, 0.2) is 0 Å². The summed E-state index contributed by atoms with van der Waals surface area (Å²) in [5.41, 5.74) is 5.52. The highest BCUT2D eigenvalue weighted by molar-refractivity contribution is 7.99. The summed E-state index contributed by atoms with van der Waals surface area (Å²) in [7, 11) is 1.68. The topological polar surface area (TPSA) is 77.2 Å². The molecule has 0 fully saturated rings. The maximum absolute atomic E-state index is 12.2. The van der Waals surface area contributed by atoms with Crippen molar-refractivity contribution in [2.24, 2.45) is 0 Å². The molecule has 1 aromatic heterocycles. The van der Waals surface area contributed by atoms with Crippen molar-refractivity contribution < 1.29 is 13.9 Å². The summed E-state index contributed by atoms with van der Waals surface area (Å²) < 4.78 is 11.0. The van der Waals surface area contributed by atoms with Crippen molar-refractivity contribution in [3.63, 3.8) is 0 Å². The van der Waals surface area contributed by atoms with Crippen LogP contribution in [-0.4, -0.2) is 29.0 Å². The number of carbonyl (C=O) groups excluding carboxylic acids is 1. The number of aryl methyl sites for hydroxylation is 5. The lowest BCUT2D eigenvalue weighted by molar-refractivity contribution is -0.113. The van der Waals surface area contributed by atoms with Crippen molar-refractivity contribution in [3.05, 3.63) is 64.5 Å². The maximum atomic E-state index is 12.2. The predicted molar refractivity (Wildman–Crippen MR) is 119 cm³/mol. The summed E-state index contributed by atoms with van der Waals surface area (Å²) in [6.07, 6.45) is 2.53. The third-order valence-electron chi connectivity index (χ3n) is 4.88. The Balaban J connectivity index is 1.42. The van der Waals surface area contributed by atoms with E-state index in [9.17, 15) is 4.79 Å². The molecule has 158 valence electrons. The monoisotopic (exact) mass is 425 g/mol. The van der Waals surface area contributed by atoms with Crippen molar-refractivity contribution in [2.45, 2.75) is 45.3 Å². The molecule has 1 N–H and O–H groups in total. The number of rotatable bonds is 9. The predicted octanol–water partition coefficient (Wildman–Crippen LogP) is 4.91. The zero-order valence-corrected chi connectivity index (χ0v) is 18.6.